The second-order valence-corrected chi connectivity index (χ2v) is 10.4. The first-order valence-electron chi connectivity index (χ1n) is 10.8. The summed E-state index contributed by atoms with van der Waals surface area (Å²) in [6.07, 6.45) is 1.36. The van der Waals surface area contributed by atoms with Crippen LogP contribution < -0.4 is 4.72 Å². The molecule has 9 nitrogen and oxygen atoms in total. The number of nitrogens with one attached hydrogen (secondary N) is 1. The minimum Gasteiger partial charge on any atom is -0.347 e. The number of hydrogen-bond acceptors (Lipinski definition) is 8. The molecule has 0 aliphatic carbocycles. The van der Waals surface area contributed by atoms with E-state index in [9.17, 15) is 13.2 Å². The summed E-state index contributed by atoms with van der Waals surface area (Å²) < 4.78 is 49.1. The smallest absolute Gasteiger partial charge is 0.243 e. The van der Waals surface area contributed by atoms with Crippen molar-refractivity contribution in [3.63, 3.8) is 0 Å². The molecule has 1 amide bonds. The van der Waals surface area contributed by atoms with Crippen molar-refractivity contribution in [2.45, 2.75) is 36.0 Å². The summed E-state index contributed by atoms with van der Waals surface area (Å²) in [5, 5.41) is 0. The van der Waals surface area contributed by atoms with Crippen molar-refractivity contribution in [1.29, 1.82) is 0 Å². The van der Waals surface area contributed by atoms with Crippen molar-refractivity contribution in [1.82, 2.24) is 18.4 Å². The molecule has 1 aromatic heterocycles. The summed E-state index contributed by atoms with van der Waals surface area (Å²) in [6, 6.07) is 13.2. The summed E-state index contributed by atoms with van der Waals surface area (Å²) in [6.45, 7) is 2.00. The molecule has 1 N–H and O–H groups in total. The largest absolute Gasteiger partial charge is 0.347 e. The summed E-state index contributed by atoms with van der Waals surface area (Å²) in [4.78, 5) is 15.2. The van der Waals surface area contributed by atoms with Crippen LogP contribution in [0.4, 0.5) is 0 Å². The lowest BCUT2D eigenvalue weighted by molar-refractivity contribution is -0.187. The quantitative estimate of drug-likeness (QED) is 0.565. The van der Waals surface area contributed by atoms with Crippen LogP contribution in [-0.4, -0.2) is 66.1 Å². The summed E-state index contributed by atoms with van der Waals surface area (Å²) in [7, 11) is -4.02. The van der Waals surface area contributed by atoms with Crippen molar-refractivity contribution in [3.05, 3.63) is 54.1 Å². The van der Waals surface area contributed by atoms with Crippen LogP contribution in [0.15, 0.2) is 53.4 Å². The Labute approximate surface area is 196 Å². The van der Waals surface area contributed by atoms with Gasteiger partial charge in [0.25, 0.3) is 0 Å². The zero-order valence-electron chi connectivity index (χ0n) is 17.8. The average molecular weight is 489 g/mol. The molecule has 0 saturated carbocycles. The topological polar surface area (TPSA) is 111 Å². The predicted octanol–water partition coefficient (Wildman–Crippen LogP) is 1.95. The fraction of sp³-hybridized carbons (Fsp3) is 0.409. The summed E-state index contributed by atoms with van der Waals surface area (Å²) >= 11 is 0.952. The SMILES string of the molecule is O=C([C@H](Cc1ccccc1)NS(=O)(=O)c1cccc2nsnc12)N1CCC2(CC1)OCCO2. The lowest BCUT2D eigenvalue weighted by Crippen LogP contribution is -2.54. The van der Waals surface area contributed by atoms with E-state index in [0.29, 0.717) is 50.2 Å². The van der Waals surface area contributed by atoms with Gasteiger partial charge >= 0.3 is 0 Å². The van der Waals surface area contributed by atoms with E-state index in [2.05, 4.69) is 13.5 Å². The minimum absolute atomic E-state index is 0.0185. The summed E-state index contributed by atoms with van der Waals surface area (Å²) in [5.74, 6) is -0.878. The van der Waals surface area contributed by atoms with Gasteiger partial charge in [0.15, 0.2) is 5.79 Å². The van der Waals surface area contributed by atoms with Gasteiger partial charge < -0.3 is 14.4 Å². The van der Waals surface area contributed by atoms with E-state index in [1.54, 1.807) is 17.0 Å². The van der Waals surface area contributed by atoms with Crippen molar-refractivity contribution in [3.8, 4) is 0 Å². The van der Waals surface area contributed by atoms with Gasteiger partial charge in [-0.1, -0.05) is 36.4 Å². The number of sulfonamides is 1. The Bertz CT molecular complexity index is 1230. The van der Waals surface area contributed by atoms with Gasteiger partial charge in [-0.15, -0.1) is 0 Å². The highest BCUT2D eigenvalue weighted by molar-refractivity contribution is 7.89. The number of aromatic nitrogens is 2. The number of piperidine rings is 1. The van der Waals surface area contributed by atoms with Gasteiger partial charge in [-0.2, -0.15) is 13.5 Å². The Hall–Kier alpha value is -2.44. The molecule has 3 heterocycles. The van der Waals surface area contributed by atoms with Gasteiger partial charge in [0, 0.05) is 25.9 Å². The highest BCUT2D eigenvalue weighted by atomic mass is 32.2. The number of nitrogens with zero attached hydrogens (tertiary/aromatic N) is 3. The average Bonchev–Trinajstić information content (AvgIpc) is 3.49. The van der Waals surface area contributed by atoms with E-state index < -0.39 is 21.9 Å². The van der Waals surface area contributed by atoms with Crippen LogP contribution in [0.5, 0.6) is 0 Å². The molecule has 2 fully saturated rings. The molecule has 11 heteroatoms. The third-order valence-corrected chi connectivity index (χ3v) is 8.11. The van der Waals surface area contributed by atoms with Crippen LogP contribution in [0.25, 0.3) is 11.0 Å². The zero-order valence-corrected chi connectivity index (χ0v) is 19.5. The number of fused-ring (bicyclic) bond motifs is 1. The molecule has 2 aliphatic rings. The standard InChI is InChI=1S/C22H24N4O5S2/c27-21(26-11-9-22(10-12-26)30-13-14-31-22)18(15-16-5-2-1-3-6-16)25-33(28,29)19-8-4-7-17-20(19)24-32-23-17/h1-8,18,25H,9-15H2/t18-/m0/s1. The van der Waals surface area contributed by atoms with E-state index in [1.165, 1.54) is 6.07 Å². The van der Waals surface area contributed by atoms with Gasteiger partial charge in [-0.05, 0) is 24.1 Å². The zero-order chi connectivity index (χ0) is 22.9. The number of amides is 1. The maximum absolute atomic E-state index is 13.5. The van der Waals surface area contributed by atoms with E-state index in [1.807, 2.05) is 30.3 Å². The fourth-order valence-electron chi connectivity index (χ4n) is 4.35. The fourth-order valence-corrected chi connectivity index (χ4v) is 6.31. The number of benzene rings is 2. The third-order valence-electron chi connectivity index (χ3n) is 6.07. The van der Waals surface area contributed by atoms with Crippen LogP contribution in [0, 0.1) is 0 Å². The lowest BCUT2D eigenvalue weighted by atomic mass is 10.0. The minimum atomic E-state index is -4.02. The second-order valence-electron chi connectivity index (χ2n) is 8.18. The molecule has 3 aromatic rings. The Morgan fingerprint density at radius 3 is 2.52 bits per heavy atom. The Morgan fingerprint density at radius 2 is 1.79 bits per heavy atom. The van der Waals surface area contributed by atoms with Gasteiger partial charge in [0.1, 0.15) is 22.0 Å². The van der Waals surface area contributed by atoms with Crippen molar-refractivity contribution in [2.24, 2.45) is 0 Å². The molecule has 0 bridgehead atoms. The summed E-state index contributed by atoms with van der Waals surface area (Å²) in [5.41, 5.74) is 1.67. The highest BCUT2D eigenvalue weighted by Crippen LogP contribution is 2.31. The first-order chi connectivity index (χ1) is 16.0. The monoisotopic (exact) mass is 488 g/mol. The molecular formula is C22H24N4O5S2. The Kier molecular flexibility index (Phi) is 6.14. The van der Waals surface area contributed by atoms with E-state index in [4.69, 9.17) is 9.47 Å². The van der Waals surface area contributed by atoms with E-state index >= 15 is 0 Å². The van der Waals surface area contributed by atoms with Gasteiger partial charge in [-0.25, -0.2) is 8.42 Å². The lowest BCUT2D eigenvalue weighted by Gasteiger charge is -2.38. The highest BCUT2D eigenvalue weighted by Gasteiger charge is 2.42. The maximum atomic E-state index is 13.5. The molecule has 1 atom stereocenters. The molecule has 0 radical (unpaired) electrons. The van der Waals surface area contributed by atoms with Crippen LogP contribution in [0.3, 0.4) is 0 Å². The van der Waals surface area contributed by atoms with Crippen molar-refractivity contribution in [2.75, 3.05) is 26.3 Å². The van der Waals surface area contributed by atoms with Crippen LogP contribution in [-0.2, 0) is 30.7 Å². The van der Waals surface area contributed by atoms with Crippen molar-refractivity contribution >= 4 is 38.7 Å². The number of ether oxygens (including phenoxy) is 2. The Balaban J connectivity index is 1.40. The predicted molar refractivity (Wildman–Crippen MR) is 122 cm³/mol. The number of hydrogen-bond donors (Lipinski definition) is 1. The van der Waals surface area contributed by atoms with Crippen LogP contribution in [0.2, 0.25) is 0 Å². The first-order valence-corrected chi connectivity index (χ1v) is 13.0. The van der Waals surface area contributed by atoms with Crippen LogP contribution in [0.1, 0.15) is 18.4 Å². The number of likely N-dealkylation sites (tertiary alicyclic amines) is 1. The molecule has 2 aliphatic heterocycles. The van der Waals surface area contributed by atoms with E-state index in [-0.39, 0.29) is 17.2 Å². The first kappa shape index (κ1) is 22.4. The molecule has 2 saturated heterocycles. The molecule has 5 rings (SSSR count). The Morgan fingerprint density at radius 1 is 1.06 bits per heavy atom. The number of carbonyl (C=O) groups excluding carboxylic acids is 1. The maximum Gasteiger partial charge on any atom is 0.243 e. The number of rotatable bonds is 6. The molecule has 0 unspecified atom stereocenters. The third kappa shape index (κ3) is 4.64. The van der Waals surface area contributed by atoms with Gasteiger partial charge in [0.05, 0.1) is 24.9 Å². The molecule has 1 spiro atoms. The van der Waals surface area contributed by atoms with Crippen LogP contribution >= 0.6 is 11.7 Å². The van der Waals surface area contributed by atoms with Gasteiger partial charge in [-0.3, -0.25) is 4.79 Å². The van der Waals surface area contributed by atoms with Crippen molar-refractivity contribution < 1.29 is 22.7 Å². The number of carbonyl (C=O) groups is 1. The molecule has 33 heavy (non-hydrogen) atoms. The molecular weight excluding hydrogens is 464 g/mol. The van der Waals surface area contributed by atoms with E-state index in [0.717, 1.165) is 17.3 Å². The molecule has 174 valence electrons. The molecule has 2 aromatic carbocycles. The second kappa shape index (κ2) is 9.07. The van der Waals surface area contributed by atoms with Gasteiger partial charge in [0.2, 0.25) is 15.9 Å². The normalized spacial score (nSPS) is 19.2.